The van der Waals surface area contributed by atoms with Crippen LogP contribution in [0, 0.1) is 5.41 Å². The zero-order valence-corrected chi connectivity index (χ0v) is 17.8. The van der Waals surface area contributed by atoms with Crippen molar-refractivity contribution >= 4 is 41.5 Å². The molecular formula is C19H29IN4O2. The standard InChI is InChI=1S/C19H28N4O2.HI/c1-20-18(22-13-19(7-8-19)9-10-25-2)21-12-14-11-17(24)23-16-6-4-3-5-15(14)16;/h3-6,14H,7-13H2,1-2H3,(H,23,24)(H2,20,21,22);1H. The lowest BCUT2D eigenvalue weighted by atomic mass is 9.90. The Kier molecular flexibility index (Phi) is 7.69. The van der Waals surface area contributed by atoms with Gasteiger partial charge in [0, 0.05) is 51.9 Å². The van der Waals surface area contributed by atoms with E-state index < -0.39 is 0 Å². The number of methoxy groups -OCH3 is 1. The Morgan fingerprint density at radius 3 is 2.81 bits per heavy atom. The fourth-order valence-electron chi connectivity index (χ4n) is 3.41. The van der Waals surface area contributed by atoms with Gasteiger partial charge >= 0.3 is 0 Å². The number of carbonyl (C=O) groups excluding carboxylic acids is 1. The Balaban J connectivity index is 0.00000243. The molecule has 7 heteroatoms. The third kappa shape index (κ3) is 5.33. The van der Waals surface area contributed by atoms with Crippen molar-refractivity contribution in [3.63, 3.8) is 0 Å². The second kappa shape index (κ2) is 9.55. The van der Waals surface area contributed by atoms with Crippen LogP contribution in [0.5, 0.6) is 0 Å². The van der Waals surface area contributed by atoms with Crippen LogP contribution in [-0.2, 0) is 9.53 Å². The minimum absolute atomic E-state index is 0. The quantitative estimate of drug-likeness (QED) is 0.324. The van der Waals surface area contributed by atoms with Crippen LogP contribution < -0.4 is 16.0 Å². The summed E-state index contributed by atoms with van der Waals surface area (Å²) in [6.07, 6.45) is 4.08. The number of benzene rings is 1. The molecule has 1 amide bonds. The molecule has 0 saturated heterocycles. The molecule has 6 nitrogen and oxygen atoms in total. The Morgan fingerprint density at radius 2 is 2.12 bits per heavy atom. The molecule has 1 fully saturated rings. The highest BCUT2D eigenvalue weighted by Crippen LogP contribution is 2.48. The maximum atomic E-state index is 11.9. The molecule has 3 rings (SSSR count). The number of halogens is 1. The van der Waals surface area contributed by atoms with E-state index >= 15 is 0 Å². The first kappa shape index (κ1) is 21.0. The van der Waals surface area contributed by atoms with Crippen molar-refractivity contribution < 1.29 is 9.53 Å². The number of fused-ring (bicyclic) bond motifs is 1. The molecule has 3 N–H and O–H groups in total. The van der Waals surface area contributed by atoms with Crippen molar-refractivity contribution in [1.29, 1.82) is 0 Å². The molecule has 26 heavy (non-hydrogen) atoms. The Hall–Kier alpha value is -1.35. The number of rotatable bonds is 7. The molecule has 1 aromatic rings. The Morgan fingerprint density at radius 1 is 1.35 bits per heavy atom. The van der Waals surface area contributed by atoms with E-state index in [1.165, 1.54) is 18.4 Å². The van der Waals surface area contributed by atoms with Gasteiger partial charge in [-0.1, -0.05) is 18.2 Å². The highest BCUT2D eigenvalue weighted by atomic mass is 127. The number of para-hydroxylation sites is 1. The van der Waals surface area contributed by atoms with Gasteiger partial charge in [-0.25, -0.2) is 0 Å². The van der Waals surface area contributed by atoms with Crippen molar-refractivity contribution in [2.45, 2.75) is 31.6 Å². The first-order valence-electron chi connectivity index (χ1n) is 8.98. The molecule has 1 aliphatic carbocycles. The van der Waals surface area contributed by atoms with Crippen LogP contribution >= 0.6 is 24.0 Å². The van der Waals surface area contributed by atoms with E-state index in [9.17, 15) is 4.79 Å². The summed E-state index contributed by atoms with van der Waals surface area (Å²) in [6.45, 7) is 2.41. The number of ether oxygens (including phenoxy) is 1. The molecule has 1 aliphatic heterocycles. The second-order valence-electron chi connectivity index (χ2n) is 7.09. The van der Waals surface area contributed by atoms with Crippen LogP contribution in [0.3, 0.4) is 0 Å². The molecule has 2 aliphatic rings. The number of guanidine groups is 1. The second-order valence-corrected chi connectivity index (χ2v) is 7.09. The average molecular weight is 472 g/mol. The van der Waals surface area contributed by atoms with Gasteiger partial charge in [-0.15, -0.1) is 24.0 Å². The summed E-state index contributed by atoms with van der Waals surface area (Å²) < 4.78 is 5.21. The third-order valence-corrected chi connectivity index (χ3v) is 5.27. The number of nitrogens with one attached hydrogen (secondary N) is 3. The zero-order chi connectivity index (χ0) is 17.7. The zero-order valence-electron chi connectivity index (χ0n) is 15.5. The van der Waals surface area contributed by atoms with Gasteiger partial charge in [0.25, 0.3) is 0 Å². The first-order chi connectivity index (χ1) is 12.2. The predicted molar refractivity (Wildman–Crippen MR) is 115 cm³/mol. The summed E-state index contributed by atoms with van der Waals surface area (Å²) in [7, 11) is 3.54. The van der Waals surface area contributed by atoms with Gasteiger partial charge < -0.3 is 20.7 Å². The van der Waals surface area contributed by atoms with E-state index in [4.69, 9.17) is 4.74 Å². The van der Waals surface area contributed by atoms with Crippen molar-refractivity contribution in [2.24, 2.45) is 10.4 Å². The van der Waals surface area contributed by atoms with E-state index in [1.807, 2.05) is 18.2 Å². The summed E-state index contributed by atoms with van der Waals surface area (Å²) in [5.74, 6) is 1.03. The smallest absolute Gasteiger partial charge is 0.225 e. The van der Waals surface area contributed by atoms with E-state index in [0.29, 0.717) is 18.4 Å². The molecule has 1 saturated carbocycles. The van der Waals surface area contributed by atoms with Gasteiger partial charge in [0.2, 0.25) is 5.91 Å². The average Bonchev–Trinajstić information content (AvgIpc) is 3.40. The van der Waals surface area contributed by atoms with Gasteiger partial charge in [-0.3, -0.25) is 9.79 Å². The van der Waals surface area contributed by atoms with Crippen molar-refractivity contribution in [3.8, 4) is 0 Å². The molecule has 144 valence electrons. The maximum absolute atomic E-state index is 11.9. The number of anilines is 1. The fourth-order valence-corrected chi connectivity index (χ4v) is 3.41. The number of hydrogen-bond donors (Lipinski definition) is 3. The van der Waals surface area contributed by atoms with Crippen LogP contribution in [0.2, 0.25) is 0 Å². The molecule has 1 heterocycles. The lowest BCUT2D eigenvalue weighted by Gasteiger charge is -2.26. The van der Waals surface area contributed by atoms with Crippen molar-refractivity contribution in [3.05, 3.63) is 29.8 Å². The summed E-state index contributed by atoms with van der Waals surface area (Å²) in [4.78, 5) is 16.2. The number of hydrogen-bond acceptors (Lipinski definition) is 3. The van der Waals surface area contributed by atoms with Crippen molar-refractivity contribution in [2.75, 3.05) is 39.2 Å². The molecule has 0 radical (unpaired) electrons. The summed E-state index contributed by atoms with van der Waals surface area (Å²) >= 11 is 0. The first-order valence-corrected chi connectivity index (χ1v) is 8.98. The molecule has 1 aromatic carbocycles. The molecule has 0 aromatic heterocycles. The largest absolute Gasteiger partial charge is 0.385 e. The van der Waals surface area contributed by atoms with E-state index in [2.05, 4.69) is 27.0 Å². The van der Waals surface area contributed by atoms with E-state index in [0.717, 1.165) is 31.2 Å². The SMILES string of the molecule is CN=C(NCC1CC(=O)Nc2ccccc21)NCC1(CCOC)CC1.I. The van der Waals surface area contributed by atoms with Crippen molar-refractivity contribution in [1.82, 2.24) is 10.6 Å². The number of carbonyl (C=O) groups is 1. The Labute approximate surface area is 172 Å². The Bertz CT molecular complexity index is 646. The van der Waals surface area contributed by atoms with Gasteiger partial charge in [-0.2, -0.15) is 0 Å². The third-order valence-electron chi connectivity index (χ3n) is 5.27. The van der Waals surface area contributed by atoms with Crippen LogP contribution in [-0.4, -0.2) is 45.7 Å². The normalized spacial score (nSPS) is 20.5. The highest BCUT2D eigenvalue weighted by Gasteiger charge is 2.41. The minimum atomic E-state index is 0. The molecule has 0 spiro atoms. The molecular weight excluding hydrogens is 443 g/mol. The van der Waals surface area contributed by atoms with Crippen LogP contribution in [0.15, 0.2) is 29.3 Å². The van der Waals surface area contributed by atoms with Gasteiger partial charge in [0.05, 0.1) is 0 Å². The fraction of sp³-hybridized carbons (Fsp3) is 0.579. The van der Waals surface area contributed by atoms with E-state index in [-0.39, 0.29) is 35.8 Å². The lowest BCUT2D eigenvalue weighted by molar-refractivity contribution is -0.116. The summed E-state index contributed by atoms with van der Waals surface area (Å²) in [5.41, 5.74) is 2.47. The summed E-state index contributed by atoms with van der Waals surface area (Å²) in [6, 6.07) is 8.01. The van der Waals surface area contributed by atoms with Gasteiger partial charge in [-0.05, 0) is 36.3 Å². The number of amides is 1. The van der Waals surface area contributed by atoms with E-state index in [1.54, 1.807) is 14.2 Å². The van der Waals surface area contributed by atoms with Crippen LogP contribution in [0.4, 0.5) is 5.69 Å². The lowest BCUT2D eigenvalue weighted by Crippen LogP contribution is -2.43. The highest BCUT2D eigenvalue weighted by molar-refractivity contribution is 14.0. The topological polar surface area (TPSA) is 74.8 Å². The number of aliphatic imine (C=N–C) groups is 1. The predicted octanol–water partition coefficient (Wildman–Crippen LogP) is 2.71. The number of nitrogens with zero attached hydrogens (tertiary/aromatic N) is 1. The van der Waals surface area contributed by atoms with Crippen LogP contribution in [0.1, 0.15) is 37.2 Å². The minimum Gasteiger partial charge on any atom is -0.385 e. The van der Waals surface area contributed by atoms with Gasteiger partial charge in [0.15, 0.2) is 5.96 Å². The molecule has 0 bridgehead atoms. The molecule has 1 atom stereocenters. The van der Waals surface area contributed by atoms with Crippen LogP contribution in [0.25, 0.3) is 0 Å². The molecule has 1 unspecified atom stereocenters. The van der Waals surface area contributed by atoms with Gasteiger partial charge in [0.1, 0.15) is 0 Å². The monoisotopic (exact) mass is 472 g/mol. The maximum Gasteiger partial charge on any atom is 0.225 e. The summed E-state index contributed by atoms with van der Waals surface area (Å²) in [5, 5.41) is 9.76.